The Bertz CT molecular complexity index is 495. The standard InChI is InChI=1S/C16H19NO/c1-13-7-6-10-15(11-13)17(2)12-16(18)14-8-4-3-5-9-14/h3-11,16,18H,12H2,1-2H3. The SMILES string of the molecule is Cc1cccc(N(C)CC(O)c2ccccc2)c1. The smallest absolute Gasteiger partial charge is 0.0964 e. The Balaban J connectivity index is 2.05. The molecule has 0 aromatic heterocycles. The van der Waals surface area contributed by atoms with Crippen molar-refractivity contribution in [2.75, 3.05) is 18.5 Å². The van der Waals surface area contributed by atoms with Crippen molar-refractivity contribution < 1.29 is 5.11 Å². The Morgan fingerprint density at radius 1 is 1.06 bits per heavy atom. The fourth-order valence-electron chi connectivity index (χ4n) is 2.01. The second kappa shape index (κ2) is 5.69. The van der Waals surface area contributed by atoms with E-state index in [4.69, 9.17) is 0 Å². The lowest BCUT2D eigenvalue weighted by Crippen LogP contribution is -2.24. The number of hydrogen-bond acceptors (Lipinski definition) is 2. The predicted molar refractivity (Wildman–Crippen MR) is 75.9 cm³/mol. The summed E-state index contributed by atoms with van der Waals surface area (Å²) in [4.78, 5) is 2.07. The first-order valence-electron chi connectivity index (χ1n) is 6.17. The van der Waals surface area contributed by atoms with Gasteiger partial charge in [-0.15, -0.1) is 0 Å². The summed E-state index contributed by atoms with van der Waals surface area (Å²) in [6.45, 7) is 2.67. The molecule has 2 heteroatoms. The zero-order chi connectivity index (χ0) is 13.0. The summed E-state index contributed by atoms with van der Waals surface area (Å²) >= 11 is 0. The van der Waals surface area contributed by atoms with Crippen molar-refractivity contribution in [3.05, 3.63) is 65.7 Å². The van der Waals surface area contributed by atoms with Crippen molar-refractivity contribution in [3.8, 4) is 0 Å². The van der Waals surface area contributed by atoms with Gasteiger partial charge < -0.3 is 10.0 Å². The summed E-state index contributed by atoms with van der Waals surface area (Å²) in [6.07, 6.45) is -0.461. The average Bonchev–Trinajstić information content (AvgIpc) is 2.39. The molecule has 1 N–H and O–H groups in total. The summed E-state index contributed by atoms with van der Waals surface area (Å²) in [5.41, 5.74) is 3.32. The van der Waals surface area contributed by atoms with Crippen LogP contribution in [-0.2, 0) is 0 Å². The number of rotatable bonds is 4. The Labute approximate surface area is 109 Å². The molecule has 0 aliphatic rings. The molecule has 18 heavy (non-hydrogen) atoms. The van der Waals surface area contributed by atoms with Gasteiger partial charge in [-0.05, 0) is 30.2 Å². The third kappa shape index (κ3) is 3.11. The highest BCUT2D eigenvalue weighted by molar-refractivity contribution is 5.47. The van der Waals surface area contributed by atoms with Crippen LogP contribution in [0.15, 0.2) is 54.6 Å². The first-order chi connectivity index (χ1) is 8.66. The largest absolute Gasteiger partial charge is 0.387 e. The molecule has 1 atom stereocenters. The highest BCUT2D eigenvalue weighted by Crippen LogP contribution is 2.19. The molecule has 0 aliphatic carbocycles. The van der Waals surface area contributed by atoms with Crippen LogP contribution in [0.3, 0.4) is 0 Å². The van der Waals surface area contributed by atoms with E-state index in [1.165, 1.54) is 5.56 Å². The minimum Gasteiger partial charge on any atom is -0.387 e. The number of nitrogens with zero attached hydrogens (tertiary/aromatic N) is 1. The average molecular weight is 241 g/mol. The Morgan fingerprint density at radius 2 is 1.78 bits per heavy atom. The third-order valence-corrected chi connectivity index (χ3v) is 3.07. The highest BCUT2D eigenvalue weighted by Gasteiger charge is 2.10. The van der Waals surface area contributed by atoms with Crippen LogP contribution >= 0.6 is 0 Å². The molecule has 0 fully saturated rings. The van der Waals surface area contributed by atoms with E-state index >= 15 is 0 Å². The molecule has 0 heterocycles. The molecule has 94 valence electrons. The van der Waals surface area contributed by atoms with Gasteiger partial charge in [-0.2, -0.15) is 0 Å². The van der Waals surface area contributed by atoms with Gasteiger partial charge in [0.05, 0.1) is 6.10 Å². The van der Waals surface area contributed by atoms with E-state index in [0.717, 1.165) is 11.3 Å². The molecule has 0 aliphatic heterocycles. The van der Waals surface area contributed by atoms with Crippen molar-refractivity contribution >= 4 is 5.69 Å². The van der Waals surface area contributed by atoms with E-state index < -0.39 is 6.10 Å². The molecule has 0 bridgehead atoms. The Morgan fingerprint density at radius 3 is 2.44 bits per heavy atom. The van der Waals surface area contributed by atoms with Crippen LogP contribution < -0.4 is 4.90 Å². The number of aliphatic hydroxyl groups excluding tert-OH is 1. The van der Waals surface area contributed by atoms with Crippen LogP contribution in [0, 0.1) is 6.92 Å². The molecule has 1 unspecified atom stereocenters. The van der Waals surface area contributed by atoms with Gasteiger partial charge in [0, 0.05) is 19.3 Å². The van der Waals surface area contributed by atoms with E-state index in [9.17, 15) is 5.11 Å². The van der Waals surface area contributed by atoms with Crippen molar-refractivity contribution in [1.29, 1.82) is 0 Å². The minimum absolute atomic E-state index is 0.461. The second-order valence-corrected chi connectivity index (χ2v) is 4.65. The summed E-state index contributed by atoms with van der Waals surface area (Å²) in [5.74, 6) is 0. The Hall–Kier alpha value is -1.80. The molecular formula is C16H19NO. The first kappa shape index (κ1) is 12.7. The molecule has 0 saturated carbocycles. The molecule has 2 aromatic carbocycles. The van der Waals surface area contributed by atoms with Crippen LogP contribution in [-0.4, -0.2) is 18.7 Å². The fourth-order valence-corrected chi connectivity index (χ4v) is 2.01. The number of anilines is 1. The van der Waals surface area contributed by atoms with Gasteiger partial charge in [-0.3, -0.25) is 0 Å². The van der Waals surface area contributed by atoms with E-state index in [-0.39, 0.29) is 0 Å². The van der Waals surface area contributed by atoms with Gasteiger partial charge in [0.2, 0.25) is 0 Å². The molecule has 0 saturated heterocycles. The van der Waals surface area contributed by atoms with Gasteiger partial charge in [-0.25, -0.2) is 0 Å². The second-order valence-electron chi connectivity index (χ2n) is 4.65. The minimum atomic E-state index is -0.461. The van der Waals surface area contributed by atoms with E-state index in [0.29, 0.717) is 6.54 Å². The molecule has 2 nitrogen and oxygen atoms in total. The summed E-state index contributed by atoms with van der Waals surface area (Å²) in [5, 5.41) is 10.2. The van der Waals surface area contributed by atoms with E-state index in [2.05, 4.69) is 30.0 Å². The van der Waals surface area contributed by atoms with Gasteiger partial charge in [0.1, 0.15) is 0 Å². The zero-order valence-electron chi connectivity index (χ0n) is 10.9. The number of aryl methyl sites for hydroxylation is 1. The summed E-state index contributed by atoms with van der Waals surface area (Å²) < 4.78 is 0. The Kier molecular flexibility index (Phi) is 4.00. The van der Waals surface area contributed by atoms with E-state index in [1.54, 1.807) is 0 Å². The predicted octanol–water partition coefficient (Wildman–Crippen LogP) is 3.16. The summed E-state index contributed by atoms with van der Waals surface area (Å²) in [7, 11) is 2.00. The van der Waals surface area contributed by atoms with Crippen LogP contribution in [0.25, 0.3) is 0 Å². The highest BCUT2D eigenvalue weighted by atomic mass is 16.3. The molecule has 0 spiro atoms. The van der Waals surface area contributed by atoms with Crippen molar-refractivity contribution in [1.82, 2.24) is 0 Å². The van der Waals surface area contributed by atoms with Gasteiger partial charge >= 0.3 is 0 Å². The van der Waals surface area contributed by atoms with Gasteiger partial charge in [-0.1, -0.05) is 42.5 Å². The lowest BCUT2D eigenvalue weighted by atomic mass is 10.1. The fraction of sp³-hybridized carbons (Fsp3) is 0.250. The maximum atomic E-state index is 10.2. The topological polar surface area (TPSA) is 23.5 Å². The quantitative estimate of drug-likeness (QED) is 0.888. The first-order valence-corrected chi connectivity index (χ1v) is 6.17. The van der Waals surface area contributed by atoms with Crippen molar-refractivity contribution in [3.63, 3.8) is 0 Å². The number of benzene rings is 2. The van der Waals surface area contributed by atoms with Crippen LogP contribution in [0.5, 0.6) is 0 Å². The van der Waals surface area contributed by atoms with Crippen LogP contribution in [0.1, 0.15) is 17.2 Å². The van der Waals surface area contributed by atoms with Crippen LogP contribution in [0.2, 0.25) is 0 Å². The molecule has 2 aromatic rings. The maximum absolute atomic E-state index is 10.2. The van der Waals surface area contributed by atoms with Crippen molar-refractivity contribution in [2.24, 2.45) is 0 Å². The third-order valence-electron chi connectivity index (χ3n) is 3.07. The van der Waals surface area contributed by atoms with Crippen LogP contribution in [0.4, 0.5) is 5.69 Å². The maximum Gasteiger partial charge on any atom is 0.0964 e. The lowest BCUT2D eigenvalue weighted by Gasteiger charge is -2.23. The van der Waals surface area contributed by atoms with Gasteiger partial charge in [0.25, 0.3) is 0 Å². The number of likely N-dealkylation sites (N-methyl/N-ethyl adjacent to an activating group) is 1. The zero-order valence-corrected chi connectivity index (χ0v) is 10.9. The molecular weight excluding hydrogens is 222 g/mol. The van der Waals surface area contributed by atoms with E-state index in [1.807, 2.05) is 43.4 Å². The lowest BCUT2D eigenvalue weighted by molar-refractivity contribution is 0.185. The number of hydrogen-bond donors (Lipinski definition) is 1. The molecule has 2 rings (SSSR count). The molecule has 0 amide bonds. The summed E-state index contributed by atoms with van der Waals surface area (Å²) in [6, 6.07) is 18.1. The van der Waals surface area contributed by atoms with Crippen molar-refractivity contribution in [2.45, 2.75) is 13.0 Å². The number of aliphatic hydroxyl groups is 1. The van der Waals surface area contributed by atoms with Gasteiger partial charge in [0.15, 0.2) is 0 Å². The molecule has 0 radical (unpaired) electrons. The monoisotopic (exact) mass is 241 g/mol. The normalized spacial score (nSPS) is 12.2.